The summed E-state index contributed by atoms with van der Waals surface area (Å²) in [6.07, 6.45) is 3.63. The fraction of sp³-hybridized carbons (Fsp3) is 0.333. The summed E-state index contributed by atoms with van der Waals surface area (Å²) < 4.78 is 0.794. The quantitative estimate of drug-likeness (QED) is 0.654. The van der Waals surface area contributed by atoms with Crippen molar-refractivity contribution in [3.8, 4) is 0 Å². The number of halogens is 1. The summed E-state index contributed by atoms with van der Waals surface area (Å²) in [5, 5.41) is 3.16. The minimum atomic E-state index is 0.794. The summed E-state index contributed by atoms with van der Waals surface area (Å²) in [5.41, 5.74) is 1.29. The van der Waals surface area contributed by atoms with Gasteiger partial charge in [0, 0.05) is 12.6 Å². The molecule has 0 unspecified atom stereocenters. The molecule has 0 aliphatic heterocycles. The molecule has 0 spiro atoms. The number of anilines is 1. The molecule has 0 fully saturated rings. The highest BCUT2D eigenvalue weighted by Gasteiger charge is 1.92. The summed E-state index contributed by atoms with van der Waals surface area (Å²) in [6.45, 7) is 4.93. The number of aromatic nitrogens is 2. The highest BCUT2D eigenvalue weighted by Crippen LogP contribution is 2.08. The zero-order valence-electron chi connectivity index (χ0n) is 7.71. The minimum Gasteiger partial charge on any atom is -0.366 e. The molecule has 1 aromatic heterocycles. The van der Waals surface area contributed by atoms with Gasteiger partial charge in [0.25, 0.3) is 0 Å². The molecule has 0 aliphatic rings. The van der Waals surface area contributed by atoms with Crippen LogP contribution in [0.1, 0.15) is 13.8 Å². The lowest BCUT2D eigenvalue weighted by molar-refractivity contribution is 1.11. The molecule has 0 bridgehead atoms. The first-order valence-electron chi connectivity index (χ1n) is 4.03. The van der Waals surface area contributed by atoms with E-state index in [1.54, 1.807) is 0 Å². The van der Waals surface area contributed by atoms with Gasteiger partial charge in [-0.2, -0.15) is 0 Å². The highest BCUT2D eigenvalue weighted by atomic mass is 79.9. The Hall–Kier alpha value is -0.900. The van der Waals surface area contributed by atoms with Crippen LogP contribution >= 0.6 is 15.9 Å². The molecule has 0 atom stereocenters. The topological polar surface area (TPSA) is 37.8 Å². The molecule has 4 heteroatoms. The molecule has 3 nitrogen and oxygen atoms in total. The predicted molar refractivity (Wildman–Crippen MR) is 57.7 cm³/mol. The van der Waals surface area contributed by atoms with Crippen LogP contribution in [0.25, 0.3) is 0 Å². The van der Waals surface area contributed by atoms with Gasteiger partial charge in [0.2, 0.25) is 0 Å². The Morgan fingerprint density at radius 1 is 1.54 bits per heavy atom. The van der Waals surface area contributed by atoms with E-state index in [9.17, 15) is 0 Å². The number of hydrogen-bond donors (Lipinski definition) is 1. The lowest BCUT2D eigenvalue weighted by atomic mass is 10.3. The van der Waals surface area contributed by atoms with Crippen molar-refractivity contribution in [2.45, 2.75) is 13.8 Å². The molecule has 0 amide bonds. The van der Waals surface area contributed by atoms with Crippen molar-refractivity contribution in [2.24, 2.45) is 0 Å². The van der Waals surface area contributed by atoms with Gasteiger partial charge in [-0.3, -0.25) is 0 Å². The van der Waals surface area contributed by atoms with Gasteiger partial charge in [0.05, 0.1) is 0 Å². The smallest absolute Gasteiger partial charge is 0.130 e. The number of allylic oxidation sites excluding steroid dienone is 1. The highest BCUT2D eigenvalue weighted by molar-refractivity contribution is 9.10. The largest absolute Gasteiger partial charge is 0.366 e. The second-order valence-electron chi connectivity index (χ2n) is 2.89. The zero-order valence-corrected chi connectivity index (χ0v) is 9.30. The van der Waals surface area contributed by atoms with Crippen molar-refractivity contribution in [3.63, 3.8) is 0 Å². The average molecular weight is 242 g/mol. The Bertz CT molecular complexity index is 305. The van der Waals surface area contributed by atoms with E-state index >= 15 is 0 Å². The first-order valence-corrected chi connectivity index (χ1v) is 4.82. The van der Waals surface area contributed by atoms with Gasteiger partial charge in [0.1, 0.15) is 16.7 Å². The number of nitrogens with one attached hydrogen (secondary N) is 1. The Kier molecular flexibility index (Phi) is 3.89. The SMILES string of the molecule is CC(C)=CCNc1cc(Br)ncn1. The van der Waals surface area contributed by atoms with E-state index in [4.69, 9.17) is 0 Å². The minimum absolute atomic E-state index is 0.794. The van der Waals surface area contributed by atoms with Crippen LogP contribution in [-0.4, -0.2) is 16.5 Å². The first kappa shape index (κ1) is 10.2. The van der Waals surface area contributed by atoms with Crippen molar-refractivity contribution < 1.29 is 0 Å². The van der Waals surface area contributed by atoms with E-state index in [0.29, 0.717) is 0 Å². The fourth-order valence-corrected chi connectivity index (χ4v) is 1.10. The van der Waals surface area contributed by atoms with E-state index in [0.717, 1.165) is 17.0 Å². The number of hydrogen-bond acceptors (Lipinski definition) is 3. The molecule has 0 aliphatic carbocycles. The van der Waals surface area contributed by atoms with E-state index in [1.165, 1.54) is 11.9 Å². The molecule has 0 saturated carbocycles. The van der Waals surface area contributed by atoms with Gasteiger partial charge in [-0.05, 0) is 29.8 Å². The molecule has 70 valence electrons. The first-order chi connectivity index (χ1) is 6.18. The average Bonchev–Trinajstić information content (AvgIpc) is 2.03. The van der Waals surface area contributed by atoms with Crippen molar-refractivity contribution in [3.05, 3.63) is 28.6 Å². The fourth-order valence-electron chi connectivity index (χ4n) is 0.790. The number of rotatable bonds is 3. The summed E-state index contributed by atoms with van der Waals surface area (Å²) in [5.74, 6) is 0.833. The van der Waals surface area contributed by atoms with Crippen LogP contribution in [0.15, 0.2) is 28.6 Å². The molecule has 13 heavy (non-hydrogen) atoms. The molecule has 1 rings (SSSR count). The molecule has 1 heterocycles. The lowest BCUT2D eigenvalue weighted by Gasteiger charge is -2.01. The van der Waals surface area contributed by atoms with Crippen LogP contribution in [0.5, 0.6) is 0 Å². The third kappa shape index (κ3) is 4.03. The van der Waals surface area contributed by atoms with Gasteiger partial charge in [-0.15, -0.1) is 0 Å². The van der Waals surface area contributed by atoms with Gasteiger partial charge < -0.3 is 5.32 Å². The zero-order chi connectivity index (χ0) is 9.68. The molecular formula is C9H12BrN3. The summed E-state index contributed by atoms with van der Waals surface area (Å²) >= 11 is 3.28. The van der Waals surface area contributed by atoms with Gasteiger partial charge >= 0.3 is 0 Å². The number of nitrogens with zero attached hydrogens (tertiary/aromatic N) is 2. The maximum Gasteiger partial charge on any atom is 0.130 e. The maximum absolute atomic E-state index is 4.05. The predicted octanol–water partition coefficient (Wildman–Crippen LogP) is 2.62. The molecule has 0 aromatic carbocycles. The van der Waals surface area contributed by atoms with Gasteiger partial charge in [-0.1, -0.05) is 11.6 Å². The van der Waals surface area contributed by atoms with Crippen LogP contribution in [0.2, 0.25) is 0 Å². The summed E-state index contributed by atoms with van der Waals surface area (Å²) in [6, 6.07) is 1.85. The lowest BCUT2D eigenvalue weighted by Crippen LogP contribution is -2.01. The van der Waals surface area contributed by atoms with Crippen LogP contribution in [0.3, 0.4) is 0 Å². The molecule has 0 radical (unpaired) electrons. The second-order valence-corrected chi connectivity index (χ2v) is 3.70. The Balaban J connectivity index is 2.50. The van der Waals surface area contributed by atoms with Gasteiger partial charge in [-0.25, -0.2) is 9.97 Å². The van der Waals surface area contributed by atoms with Crippen LogP contribution in [0.4, 0.5) is 5.82 Å². The maximum atomic E-state index is 4.05. The summed E-state index contributed by atoms with van der Waals surface area (Å²) in [4.78, 5) is 7.99. The molecule has 1 aromatic rings. The normalized spacial score (nSPS) is 9.46. The standard InChI is InChI=1S/C9H12BrN3/c1-7(2)3-4-11-9-5-8(10)12-6-13-9/h3,5-6H,4H2,1-2H3,(H,11,12,13). The van der Waals surface area contributed by atoms with E-state index < -0.39 is 0 Å². The monoisotopic (exact) mass is 241 g/mol. The molecule has 1 N–H and O–H groups in total. The Morgan fingerprint density at radius 2 is 2.31 bits per heavy atom. The van der Waals surface area contributed by atoms with Crippen LogP contribution in [-0.2, 0) is 0 Å². The second kappa shape index (κ2) is 4.97. The van der Waals surface area contributed by atoms with E-state index in [1.807, 2.05) is 6.07 Å². The Labute approximate surface area is 86.4 Å². The van der Waals surface area contributed by atoms with Crippen molar-refractivity contribution in [1.82, 2.24) is 9.97 Å². The molecule has 0 saturated heterocycles. The van der Waals surface area contributed by atoms with E-state index in [2.05, 4.69) is 51.1 Å². The van der Waals surface area contributed by atoms with E-state index in [-0.39, 0.29) is 0 Å². The third-order valence-corrected chi connectivity index (χ3v) is 1.86. The van der Waals surface area contributed by atoms with Crippen LogP contribution in [0, 0.1) is 0 Å². The summed E-state index contributed by atoms with van der Waals surface area (Å²) in [7, 11) is 0. The van der Waals surface area contributed by atoms with Crippen LogP contribution < -0.4 is 5.32 Å². The van der Waals surface area contributed by atoms with Crippen molar-refractivity contribution >= 4 is 21.7 Å². The molecular weight excluding hydrogens is 230 g/mol. The third-order valence-electron chi connectivity index (χ3n) is 1.43. The van der Waals surface area contributed by atoms with Crippen molar-refractivity contribution in [2.75, 3.05) is 11.9 Å². The Morgan fingerprint density at radius 3 is 2.92 bits per heavy atom. The van der Waals surface area contributed by atoms with Gasteiger partial charge in [0.15, 0.2) is 0 Å². The van der Waals surface area contributed by atoms with Crippen molar-refractivity contribution in [1.29, 1.82) is 0 Å².